The van der Waals surface area contributed by atoms with Crippen LogP contribution in [0.2, 0.25) is 0 Å². The summed E-state index contributed by atoms with van der Waals surface area (Å²) in [4.78, 5) is 37.2. The molecule has 2 rings (SSSR count). The van der Waals surface area contributed by atoms with Gasteiger partial charge in [-0.1, -0.05) is 13.8 Å². The van der Waals surface area contributed by atoms with Crippen LogP contribution in [0.15, 0.2) is 18.2 Å². The number of nitrogens with zero attached hydrogens (tertiary/aromatic N) is 1. The zero-order valence-corrected chi connectivity index (χ0v) is 14.2. The number of urea groups is 1. The molecule has 0 atom stereocenters. The predicted octanol–water partition coefficient (Wildman–Crippen LogP) is 1.73. The van der Waals surface area contributed by atoms with E-state index in [-0.39, 0.29) is 19.5 Å². The first kappa shape index (κ1) is 18.8. The van der Waals surface area contributed by atoms with Crippen molar-refractivity contribution in [2.75, 3.05) is 13.1 Å². The van der Waals surface area contributed by atoms with Gasteiger partial charge in [0.05, 0.1) is 0 Å². The molecule has 136 valence electrons. The topological polar surface area (TPSA) is 78.5 Å². The van der Waals surface area contributed by atoms with Gasteiger partial charge in [-0.3, -0.25) is 14.5 Å². The van der Waals surface area contributed by atoms with E-state index in [4.69, 9.17) is 0 Å². The van der Waals surface area contributed by atoms with Crippen LogP contribution in [0.3, 0.4) is 0 Å². The summed E-state index contributed by atoms with van der Waals surface area (Å²) < 4.78 is 26.2. The molecule has 0 spiro atoms. The molecule has 1 aliphatic rings. The van der Waals surface area contributed by atoms with Crippen molar-refractivity contribution in [3.63, 3.8) is 0 Å². The van der Waals surface area contributed by atoms with E-state index in [0.717, 1.165) is 11.0 Å². The number of amides is 4. The summed E-state index contributed by atoms with van der Waals surface area (Å²) in [5.74, 6) is -2.29. The zero-order valence-electron chi connectivity index (χ0n) is 14.2. The number of imide groups is 1. The monoisotopic (exact) mass is 353 g/mol. The minimum Gasteiger partial charge on any atom is -0.354 e. The second-order valence-corrected chi connectivity index (χ2v) is 5.99. The number of hydrogen-bond acceptors (Lipinski definition) is 3. The van der Waals surface area contributed by atoms with Gasteiger partial charge in [0.15, 0.2) is 0 Å². The molecule has 0 aromatic heterocycles. The maximum atomic E-state index is 13.1. The van der Waals surface area contributed by atoms with Crippen LogP contribution in [0.25, 0.3) is 0 Å². The molecule has 0 saturated carbocycles. The number of rotatable bonds is 7. The van der Waals surface area contributed by atoms with Crippen molar-refractivity contribution in [2.45, 2.75) is 38.6 Å². The van der Waals surface area contributed by atoms with E-state index in [1.165, 1.54) is 12.1 Å². The number of halogens is 2. The highest BCUT2D eigenvalue weighted by atomic mass is 19.1. The Kier molecular flexibility index (Phi) is 5.71. The van der Waals surface area contributed by atoms with Crippen molar-refractivity contribution in [1.82, 2.24) is 15.5 Å². The van der Waals surface area contributed by atoms with Gasteiger partial charge in [0.1, 0.15) is 23.7 Å². The highest BCUT2D eigenvalue weighted by molar-refractivity contribution is 6.08. The number of carbonyl (C=O) groups excluding carboxylic acids is 3. The molecule has 0 radical (unpaired) electrons. The van der Waals surface area contributed by atoms with Gasteiger partial charge in [0, 0.05) is 12.6 Å². The van der Waals surface area contributed by atoms with E-state index in [1.807, 2.05) is 0 Å². The van der Waals surface area contributed by atoms with Crippen molar-refractivity contribution < 1.29 is 23.2 Å². The first-order valence-electron chi connectivity index (χ1n) is 8.17. The third-order valence-electron chi connectivity index (χ3n) is 4.41. The maximum Gasteiger partial charge on any atom is 0.325 e. The van der Waals surface area contributed by atoms with Gasteiger partial charge >= 0.3 is 6.03 Å². The minimum atomic E-state index is -0.948. The van der Waals surface area contributed by atoms with Crippen LogP contribution in [-0.2, 0) is 16.0 Å². The molecule has 1 aliphatic heterocycles. The zero-order chi connectivity index (χ0) is 18.6. The highest BCUT2D eigenvalue weighted by Crippen LogP contribution is 2.24. The molecular formula is C17H21F2N3O3. The Morgan fingerprint density at radius 1 is 1.16 bits per heavy atom. The second-order valence-electron chi connectivity index (χ2n) is 5.99. The largest absolute Gasteiger partial charge is 0.354 e. The van der Waals surface area contributed by atoms with E-state index in [9.17, 15) is 23.2 Å². The molecule has 25 heavy (non-hydrogen) atoms. The van der Waals surface area contributed by atoms with Crippen molar-refractivity contribution in [3.05, 3.63) is 35.4 Å². The van der Waals surface area contributed by atoms with Crippen LogP contribution in [0, 0.1) is 11.6 Å². The fourth-order valence-corrected chi connectivity index (χ4v) is 2.85. The van der Waals surface area contributed by atoms with Crippen molar-refractivity contribution in [3.8, 4) is 0 Å². The Bertz CT molecular complexity index is 669. The molecule has 8 heteroatoms. The Balaban J connectivity index is 1.88. The molecule has 1 saturated heterocycles. The van der Waals surface area contributed by atoms with Crippen LogP contribution in [0.5, 0.6) is 0 Å². The van der Waals surface area contributed by atoms with Gasteiger partial charge in [-0.15, -0.1) is 0 Å². The van der Waals surface area contributed by atoms with E-state index in [0.29, 0.717) is 18.4 Å². The lowest BCUT2D eigenvalue weighted by atomic mass is 9.93. The van der Waals surface area contributed by atoms with Gasteiger partial charge in [0.2, 0.25) is 5.91 Å². The van der Waals surface area contributed by atoms with E-state index in [2.05, 4.69) is 10.6 Å². The lowest BCUT2D eigenvalue weighted by Gasteiger charge is -2.23. The molecular weight excluding hydrogens is 332 g/mol. The second kappa shape index (κ2) is 7.58. The molecule has 6 nitrogen and oxygen atoms in total. The Labute approximate surface area is 144 Å². The molecule has 0 bridgehead atoms. The first-order chi connectivity index (χ1) is 11.8. The normalized spacial score (nSPS) is 16.1. The quantitative estimate of drug-likeness (QED) is 0.733. The van der Waals surface area contributed by atoms with Crippen LogP contribution in [0.4, 0.5) is 13.6 Å². The van der Waals surface area contributed by atoms with Crippen molar-refractivity contribution in [1.29, 1.82) is 0 Å². The summed E-state index contributed by atoms with van der Waals surface area (Å²) in [7, 11) is 0. The van der Waals surface area contributed by atoms with Crippen LogP contribution < -0.4 is 10.6 Å². The van der Waals surface area contributed by atoms with Gasteiger partial charge in [0.25, 0.3) is 5.91 Å². The van der Waals surface area contributed by atoms with Crippen LogP contribution >= 0.6 is 0 Å². The third-order valence-corrected chi connectivity index (χ3v) is 4.41. The number of hydrogen-bond donors (Lipinski definition) is 2. The highest BCUT2D eigenvalue weighted by Gasteiger charge is 2.49. The number of benzene rings is 1. The smallest absolute Gasteiger partial charge is 0.325 e. The summed E-state index contributed by atoms with van der Waals surface area (Å²) >= 11 is 0. The minimum absolute atomic E-state index is 0.137. The molecule has 4 amide bonds. The van der Waals surface area contributed by atoms with Crippen molar-refractivity contribution >= 4 is 17.8 Å². The summed E-state index contributed by atoms with van der Waals surface area (Å²) in [6, 6.07) is 2.55. The third kappa shape index (κ3) is 4.12. The fourth-order valence-electron chi connectivity index (χ4n) is 2.85. The Morgan fingerprint density at radius 3 is 2.28 bits per heavy atom. The molecule has 1 heterocycles. The molecule has 0 unspecified atom stereocenters. The van der Waals surface area contributed by atoms with Gasteiger partial charge in [-0.25, -0.2) is 13.6 Å². The van der Waals surface area contributed by atoms with E-state index >= 15 is 0 Å². The molecule has 1 aromatic rings. The Hall–Kier alpha value is -2.51. The molecule has 1 fully saturated rings. The lowest BCUT2D eigenvalue weighted by Crippen LogP contribution is -2.46. The summed E-state index contributed by atoms with van der Waals surface area (Å²) in [5.41, 5.74) is -0.542. The predicted molar refractivity (Wildman–Crippen MR) is 86.6 cm³/mol. The number of carbonyl (C=O) groups is 3. The van der Waals surface area contributed by atoms with Crippen LogP contribution in [-0.4, -0.2) is 41.4 Å². The molecule has 2 N–H and O–H groups in total. The van der Waals surface area contributed by atoms with E-state index < -0.39 is 35.0 Å². The average Bonchev–Trinajstić information content (AvgIpc) is 2.78. The SMILES string of the molecule is CCC1(CC)NC(=O)N(CC(=O)NCCc2cc(F)cc(F)c2)C1=O. The summed E-state index contributed by atoms with van der Waals surface area (Å²) in [6.45, 7) is 3.34. The summed E-state index contributed by atoms with van der Waals surface area (Å²) in [6.07, 6.45) is 1.11. The standard InChI is InChI=1S/C17H21F2N3O3/c1-3-17(4-2)15(24)22(16(25)21-17)10-14(23)20-6-5-11-7-12(18)9-13(19)8-11/h7-9H,3-6,10H2,1-2H3,(H,20,23)(H,21,25). The lowest BCUT2D eigenvalue weighted by molar-refractivity contribution is -0.135. The van der Waals surface area contributed by atoms with Crippen LogP contribution in [0.1, 0.15) is 32.3 Å². The number of nitrogens with one attached hydrogen (secondary N) is 2. The Morgan fingerprint density at radius 2 is 1.76 bits per heavy atom. The van der Waals surface area contributed by atoms with Gasteiger partial charge < -0.3 is 10.6 Å². The van der Waals surface area contributed by atoms with Gasteiger partial charge in [-0.2, -0.15) is 0 Å². The summed E-state index contributed by atoms with van der Waals surface area (Å²) in [5, 5.41) is 5.18. The van der Waals surface area contributed by atoms with E-state index in [1.54, 1.807) is 13.8 Å². The molecule has 0 aliphatic carbocycles. The first-order valence-corrected chi connectivity index (χ1v) is 8.17. The molecule has 1 aromatic carbocycles. The average molecular weight is 353 g/mol. The maximum absolute atomic E-state index is 13.1. The van der Waals surface area contributed by atoms with Gasteiger partial charge in [-0.05, 0) is 37.0 Å². The van der Waals surface area contributed by atoms with Crippen molar-refractivity contribution in [2.24, 2.45) is 0 Å². The fraction of sp³-hybridized carbons (Fsp3) is 0.471.